The number of carbonyl (C=O) groups is 1. The number of phenols is 1. The lowest BCUT2D eigenvalue weighted by Gasteiger charge is -2.23. The molecule has 0 spiro atoms. The number of benzene rings is 1. The zero-order valence-electron chi connectivity index (χ0n) is 13.2. The van der Waals surface area contributed by atoms with E-state index in [1.807, 2.05) is 11.8 Å². The van der Waals surface area contributed by atoms with Gasteiger partial charge in [-0.25, -0.2) is 0 Å². The van der Waals surface area contributed by atoms with Crippen molar-refractivity contribution in [3.8, 4) is 17.0 Å². The number of hydrogen-bond donors (Lipinski definition) is 2. The van der Waals surface area contributed by atoms with Gasteiger partial charge in [0.2, 0.25) is 0 Å². The predicted octanol–water partition coefficient (Wildman–Crippen LogP) is 2.42. The van der Waals surface area contributed by atoms with Crippen molar-refractivity contribution < 1.29 is 14.6 Å². The maximum atomic E-state index is 12.7. The van der Waals surface area contributed by atoms with Crippen molar-refractivity contribution in [2.45, 2.75) is 25.8 Å². The number of ether oxygens (including phenoxy) is 1. The molecule has 3 rings (SSSR count). The fraction of sp³-hybridized carbons (Fsp3) is 0.412. The Labute approximate surface area is 135 Å². The van der Waals surface area contributed by atoms with Gasteiger partial charge in [-0.3, -0.25) is 9.89 Å². The van der Waals surface area contributed by atoms with Crippen LogP contribution in [0.3, 0.4) is 0 Å². The maximum Gasteiger partial charge on any atom is 0.272 e. The molecule has 0 unspecified atom stereocenters. The van der Waals surface area contributed by atoms with Gasteiger partial charge < -0.3 is 14.7 Å². The number of carbonyl (C=O) groups excluding carboxylic acids is 1. The highest BCUT2D eigenvalue weighted by molar-refractivity contribution is 5.93. The molecular weight excluding hydrogens is 294 g/mol. The highest BCUT2D eigenvalue weighted by atomic mass is 16.5. The molecule has 2 heterocycles. The molecule has 6 nitrogen and oxygen atoms in total. The van der Waals surface area contributed by atoms with E-state index in [0.717, 1.165) is 24.9 Å². The van der Waals surface area contributed by atoms with E-state index in [2.05, 4.69) is 10.2 Å². The molecule has 0 bridgehead atoms. The minimum atomic E-state index is -0.0373. The number of likely N-dealkylation sites (tertiary alicyclic amines) is 1. The average molecular weight is 315 g/mol. The molecule has 0 radical (unpaired) electrons. The van der Waals surface area contributed by atoms with Crippen LogP contribution in [0.1, 0.15) is 30.3 Å². The van der Waals surface area contributed by atoms with Crippen molar-refractivity contribution >= 4 is 5.91 Å². The molecule has 6 heteroatoms. The maximum absolute atomic E-state index is 12.7. The van der Waals surface area contributed by atoms with Gasteiger partial charge in [0.15, 0.2) is 0 Å². The van der Waals surface area contributed by atoms with Crippen LogP contribution in [0.15, 0.2) is 30.3 Å². The van der Waals surface area contributed by atoms with Gasteiger partial charge in [-0.1, -0.05) is 0 Å². The van der Waals surface area contributed by atoms with Crippen LogP contribution >= 0.6 is 0 Å². The Bertz CT molecular complexity index is 666. The standard InChI is InChI=1S/C17H21N3O3/c1-2-23-11-13-4-3-9-20(13)17(22)16-10-15(18-19-16)12-5-7-14(21)8-6-12/h5-8,10,13,21H,2-4,9,11H2,1H3,(H,18,19)/t13-/m1/s1. The molecule has 0 aliphatic carbocycles. The molecule has 1 atom stereocenters. The molecule has 1 amide bonds. The Morgan fingerprint density at radius 1 is 1.43 bits per heavy atom. The number of aromatic nitrogens is 2. The van der Waals surface area contributed by atoms with E-state index in [1.54, 1.807) is 30.3 Å². The molecule has 1 aliphatic heterocycles. The number of phenolic OH excluding ortho intramolecular Hbond substituents is 1. The number of H-pyrrole nitrogens is 1. The van der Waals surface area contributed by atoms with Gasteiger partial charge in [-0.05, 0) is 50.1 Å². The smallest absolute Gasteiger partial charge is 0.272 e. The van der Waals surface area contributed by atoms with E-state index in [4.69, 9.17) is 4.74 Å². The first-order chi connectivity index (χ1) is 11.2. The van der Waals surface area contributed by atoms with Gasteiger partial charge in [0, 0.05) is 18.7 Å². The molecule has 0 saturated carbocycles. The van der Waals surface area contributed by atoms with Crippen molar-refractivity contribution in [3.63, 3.8) is 0 Å². The number of aromatic hydroxyl groups is 1. The quantitative estimate of drug-likeness (QED) is 0.888. The average Bonchev–Trinajstić information content (AvgIpc) is 3.22. The summed E-state index contributed by atoms with van der Waals surface area (Å²) in [5.41, 5.74) is 2.02. The Kier molecular flexibility index (Phi) is 4.62. The van der Waals surface area contributed by atoms with Crippen molar-refractivity contribution in [1.29, 1.82) is 0 Å². The molecule has 2 N–H and O–H groups in total. The number of nitrogens with one attached hydrogen (secondary N) is 1. The second-order valence-electron chi connectivity index (χ2n) is 5.67. The monoisotopic (exact) mass is 315 g/mol. The lowest BCUT2D eigenvalue weighted by molar-refractivity contribution is 0.0559. The third kappa shape index (κ3) is 3.37. The van der Waals surface area contributed by atoms with Crippen LogP contribution in [0, 0.1) is 0 Å². The predicted molar refractivity (Wildman–Crippen MR) is 86.2 cm³/mol. The van der Waals surface area contributed by atoms with E-state index in [-0.39, 0.29) is 17.7 Å². The first kappa shape index (κ1) is 15.6. The minimum absolute atomic E-state index is 0.0373. The lowest BCUT2D eigenvalue weighted by Crippen LogP contribution is -2.38. The number of hydrogen-bond acceptors (Lipinski definition) is 4. The van der Waals surface area contributed by atoms with Crippen molar-refractivity contribution in [3.05, 3.63) is 36.0 Å². The minimum Gasteiger partial charge on any atom is -0.508 e. The summed E-state index contributed by atoms with van der Waals surface area (Å²) in [6.45, 7) is 3.96. The zero-order valence-corrected chi connectivity index (χ0v) is 13.2. The number of nitrogens with zero attached hydrogens (tertiary/aromatic N) is 2. The second-order valence-corrected chi connectivity index (χ2v) is 5.67. The lowest BCUT2D eigenvalue weighted by atomic mass is 10.1. The first-order valence-corrected chi connectivity index (χ1v) is 7.92. The third-order valence-electron chi connectivity index (χ3n) is 4.12. The third-order valence-corrected chi connectivity index (χ3v) is 4.12. The van der Waals surface area contributed by atoms with Gasteiger partial charge in [-0.15, -0.1) is 0 Å². The van der Waals surface area contributed by atoms with E-state index < -0.39 is 0 Å². The second kappa shape index (κ2) is 6.83. The van der Waals surface area contributed by atoms with Crippen LogP contribution in [-0.4, -0.2) is 51.9 Å². The van der Waals surface area contributed by atoms with Crippen LogP contribution < -0.4 is 0 Å². The SMILES string of the molecule is CCOC[C@H]1CCCN1C(=O)c1cc(-c2ccc(O)cc2)n[nH]1. The Hall–Kier alpha value is -2.34. The van der Waals surface area contributed by atoms with Gasteiger partial charge in [0.25, 0.3) is 5.91 Å². The Balaban J connectivity index is 1.74. The molecule has 23 heavy (non-hydrogen) atoms. The summed E-state index contributed by atoms with van der Waals surface area (Å²) in [7, 11) is 0. The van der Waals surface area contributed by atoms with Gasteiger partial charge >= 0.3 is 0 Å². The van der Waals surface area contributed by atoms with Crippen LogP contribution in [0.25, 0.3) is 11.3 Å². The first-order valence-electron chi connectivity index (χ1n) is 7.92. The van der Waals surface area contributed by atoms with E-state index in [9.17, 15) is 9.90 Å². The van der Waals surface area contributed by atoms with Crippen molar-refractivity contribution in [2.24, 2.45) is 0 Å². The van der Waals surface area contributed by atoms with Crippen LogP contribution in [-0.2, 0) is 4.74 Å². The van der Waals surface area contributed by atoms with Gasteiger partial charge in [0.1, 0.15) is 11.4 Å². The van der Waals surface area contributed by atoms with Crippen LogP contribution in [0.2, 0.25) is 0 Å². The topological polar surface area (TPSA) is 78.4 Å². The van der Waals surface area contributed by atoms with E-state index in [1.165, 1.54) is 0 Å². The molecule has 1 aliphatic rings. The fourth-order valence-corrected chi connectivity index (χ4v) is 2.90. The summed E-state index contributed by atoms with van der Waals surface area (Å²) < 4.78 is 5.48. The largest absolute Gasteiger partial charge is 0.508 e. The van der Waals surface area contributed by atoms with Gasteiger partial charge in [-0.2, -0.15) is 5.10 Å². The Morgan fingerprint density at radius 3 is 2.96 bits per heavy atom. The zero-order chi connectivity index (χ0) is 16.2. The summed E-state index contributed by atoms with van der Waals surface area (Å²) in [6.07, 6.45) is 1.98. The molecule has 1 aromatic heterocycles. The van der Waals surface area contributed by atoms with Crippen molar-refractivity contribution in [1.82, 2.24) is 15.1 Å². The summed E-state index contributed by atoms with van der Waals surface area (Å²) in [4.78, 5) is 14.5. The van der Waals surface area contributed by atoms with Crippen LogP contribution in [0.5, 0.6) is 5.75 Å². The summed E-state index contributed by atoms with van der Waals surface area (Å²) >= 11 is 0. The van der Waals surface area contributed by atoms with Crippen molar-refractivity contribution in [2.75, 3.05) is 19.8 Å². The summed E-state index contributed by atoms with van der Waals surface area (Å²) in [5, 5.41) is 16.4. The van der Waals surface area contributed by atoms with E-state index in [0.29, 0.717) is 24.6 Å². The molecule has 2 aromatic rings. The number of rotatable bonds is 5. The summed E-state index contributed by atoms with van der Waals surface area (Å²) in [6, 6.07) is 8.64. The highest BCUT2D eigenvalue weighted by Crippen LogP contribution is 2.23. The van der Waals surface area contributed by atoms with E-state index >= 15 is 0 Å². The molecule has 1 saturated heterocycles. The normalized spacial score (nSPS) is 17.6. The highest BCUT2D eigenvalue weighted by Gasteiger charge is 2.30. The van der Waals surface area contributed by atoms with Gasteiger partial charge in [0.05, 0.1) is 18.3 Å². The van der Waals surface area contributed by atoms with Crippen LogP contribution in [0.4, 0.5) is 0 Å². The molecule has 1 aromatic carbocycles. The number of aromatic amines is 1. The Morgan fingerprint density at radius 2 is 2.22 bits per heavy atom. The molecule has 122 valence electrons. The molecule has 1 fully saturated rings. The number of amides is 1. The molecular formula is C17H21N3O3. The fourth-order valence-electron chi connectivity index (χ4n) is 2.90. The summed E-state index contributed by atoms with van der Waals surface area (Å²) in [5.74, 6) is 0.168.